The Balaban J connectivity index is 1.74. The summed E-state index contributed by atoms with van der Waals surface area (Å²) in [5.41, 5.74) is 0. The molecular formula is C8H10O4. The lowest BCUT2D eigenvalue weighted by atomic mass is 10.0. The second-order valence-corrected chi connectivity index (χ2v) is 3.20. The Hall–Kier alpha value is -1.06. The maximum absolute atomic E-state index is 10.7. The molecule has 0 aromatic carbocycles. The molecule has 2 unspecified atom stereocenters. The monoisotopic (exact) mass is 170 g/mol. The molecule has 2 heterocycles. The molecule has 4 nitrogen and oxygen atoms in total. The van der Waals surface area contributed by atoms with Gasteiger partial charge in [-0.25, -0.2) is 0 Å². The van der Waals surface area contributed by atoms with E-state index in [1.54, 1.807) is 0 Å². The molecule has 2 atom stereocenters. The summed E-state index contributed by atoms with van der Waals surface area (Å²) >= 11 is 0. The highest BCUT2D eigenvalue weighted by Gasteiger charge is 2.34. The van der Waals surface area contributed by atoms with E-state index in [-0.39, 0.29) is 24.1 Å². The quantitative estimate of drug-likeness (QED) is 0.563. The van der Waals surface area contributed by atoms with E-state index in [2.05, 4.69) is 0 Å². The summed E-state index contributed by atoms with van der Waals surface area (Å²) in [4.78, 5) is 21.1. The molecule has 0 amide bonds. The number of hydrogen-bond donors (Lipinski definition) is 0. The second-order valence-electron chi connectivity index (χ2n) is 3.20. The van der Waals surface area contributed by atoms with Crippen LogP contribution in [0.5, 0.6) is 0 Å². The van der Waals surface area contributed by atoms with E-state index in [0.717, 1.165) is 6.42 Å². The predicted octanol–water partition coefficient (Wildman–Crippen LogP) is 0.398. The van der Waals surface area contributed by atoms with Crippen molar-refractivity contribution < 1.29 is 19.1 Å². The molecule has 2 aliphatic rings. The van der Waals surface area contributed by atoms with Gasteiger partial charge in [0, 0.05) is 12.8 Å². The van der Waals surface area contributed by atoms with E-state index in [1.165, 1.54) is 0 Å². The minimum Gasteiger partial charge on any atom is -0.462 e. The zero-order chi connectivity index (χ0) is 8.55. The number of rotatable bonds is 2. The maximum Gasteiger partial charge on any atom is 0.309 e. The Kier molecular flexibility index (Phi) is 1.75. The Morgan fingerprint density at radius 1 is 1.17 bits per heavy atom. The molecule has 2 fully saturated rings. The van der Waals surface area contributed by atoms with E-state index < -0.39 is 0 Å². The van der Waals surface area contributed by atoms with Crippen LogP contribution in [0.1, 0.15) is 25.7 Å². The zero-order valence-electron chi connectivity index (χ0n) is 6.62. The number of carbonyl (C=O) groups is 2. The molecule has 0 bridgehead atoms. The minimum absolute atomic E-state index is 0.00611. The van der Waals surface area contributed by atoms with Gasteiger partial charge in [0.25, 0.3) is 0 Å². The van der Waals surface area contributed by atoms with Crippen LogP contribution in [0.25, 0.3) is 0 Å². The van der Waals surface area contributed by atoms with E-state index in [4.69, 9.17) is 9.47 Å². The van der Waals surface area contributed by atoms with Crippen molar-refractivity contribution in [2.75, 3.05) is 0 Å². The molecule has 12 heavy (non-hydrogen) atoms. The van der Waals surface area contributed by atoms with Crippen LogP contribution in [0, 0.1) is 0 Å². The molecule has 0 N–H and O–H groups in total. The molecule has 0 aromatic heterocycles. The fraction of sp³-hybridized carbons (Fsp3) is 0.750. The van der Waals surface area contributed by atoms with Gasteiger partial charge in [-0.2, -0.15) is 0 Å². The van der Waals surface area contributed by atoms with Crippen LogP contribution in [0.4, 0.5) is 0 Å². The smallest absolute Gasteiger partial charge is 0.309 e. The highest BCUT2D eigenvalue weighted by molar-refractivity contribution is 5.75. The third-order valence-corrected chi connectivity index (χ3v) is 2.19. The maximum atomic E-state index is 10.7. The van der Waals surface area contributed by atoms with Gasteiger partial charge in [0.2, 0.25) is 0 Å². The first-order valence-electron chi connectivity index (χ1n) is 4.13. The summed E-state index contributed by atoms with van der Waals surface area (Å²) in [7, 11) is 0. The molecule has 2 rings (SSSR count). The summed E-state index contributed by atoms with van der Waals surface area (Å²) in [6, 6.07) is 0. The Morgan fingerprint density at radius 2 is 1.92 bits per heavy atom. The van der Waals surface area contributed by atoms with Crippen molar-refractivity contribution in [1.82, 2.24) is 0 Å². The van der Waals surface area contributed by atoms with Gasteiger partial charge >= 0.3 is 11.9 Å². The number of esters is 2. The van der Waals surface area contributed by atoms with Crippen LogP contribution in [0.3, 0.4) is 0 Å². The fourth-order valence-electron chi connectivity index (χ4n) is 1.54. The molecule has 0 aliphatic carbocycles. The van der Waals surface area contributed by atoms with Crippen molar-refractivity contribution in [3.05, 3.63) is 0 Å². The van der Waals surface area contributed by atoms with Crippen molar-refractivity contribution >= 4 is 11.9 Å². The molecule has 2 saturated heterocycles. The summed E-state index contributed by atoms with van der Waals surface area (Å²) in [5.74, 6) is -0.282. The van der Waals surface area contributed by atoms with E-state index >= 15 is 0 Å². The van der Waals surface area contributed by atoms with Crippen molar-refractivity contribution in [2.45, 2.75) is 37.9 Å². The average molecular weight is 170 g/mol. The Labute approximate surface area is 69.8 Å². The molecule has 4 heteroatoms. The Morgan fingerprint density at radius 3 is 2.42 bits per heavy atom. The van der Waals surface area contributed by atoms with Gasteiger partial charge < -0.3 is 9.47 Å². The van der Waals surface area contributed by atoms with Crippen LogP contribution in [-0.4, -0.2) is 24.1 Å². The van der Waals surface area contributed by atoms with Gasteiger partial charge in [-0.15, -0.1) is 0 Å². The van der Waals surface area contributed by atoms with E-state index in [0.29, 0.717) is 19.3 Å². The van der Waals surface area contributed by atoms with E-state index in [1.807, 2.05) is 0 Å². The lowest BCUT2D eigenvalue weighted by molar-refractivity contribution is -0.172. The van der Waals surface area contributed by atoms with Crippen molar-refractivity contribution in [3.63, 3.8) is 0 Å². The lowest BCUT2D eigenvalue weighted by Crippen LogP contribution is -2.35. The van der Waals surface area contributed by atoms with Crippen LogP contribution >= 0.6 is 0 Å². The highest BCUT2D eigenvalue weighted by atomic mass is 16.6. The first kappa shape index (κ1) is 7.58. The van der Waals surface area contributed by atoms with Crippen LogP contribution in [-0.2, 0) is 19.1 Å². The largest absolute Gasteiger partial charge is 0.462 e. The number of carbonyl (C=O) groups excluding carboxylic acids is 2. The molecule has 0 spiro atoms. The third-order valence-electron chi connectivity index (χ3n) is 2.19. The van der Waals surface area contributed by atoms with Crippen molar-refractivity contribution in [2.24, 2.45) is 0 Å². The molecule has 0 saturated carbocycles. The summed E-state index contributed by atoms with van der Waals surface area (Å²) in [6.45, 7) is 0. The molecule has 2 aliphatic heterocycles. The van der Waals surface area contributed by atoms with E-state index in [9.17, 15) is 9.59 Å². The standard InChI is InChI=1S/C8H10O4/c9-7-2-1-5(11-7)3-6-4-8(10)12-6/h5-6H,1-4H2. The van der Waals surface area contributed by atoms with Crippen LogP contribution in [0.15, 0.2) is 0 Å². The predicted molar refractivity (Wildman–Crippen MR) is 38.2 cm³/mol. The molecule has 0 radical (unpaired) electrons. The van der Waals surface area contributed by atoms with Gasteiger partial charge in [0.1, 0.15) is 12.2 Å². The van der Waals surface area contributed by atoms with Gasteiger partial charge in [-0.3, -0.25) is 9.59 Å². The van der Waals surface area contributed by atoms with Crippen molar-refractivity contribution in [1.29, 1.82) is 0 Å². The molecule has 0 aromatic rings. The first-order valence-corrected chi connectivity index (χ1v) is 4.13. The summed E-state index contributed by atoms with van der Waals surface area (Å²) in [6.07, 6.45) is 2.41. The minimum atomic E-state index is -0.149. The number of cyclic esters (lactones) is 2. The zero-order valence-corrected chi connectivity index (χ0v) is 6.62. The normalized spacial score (nSPS) is 34.0. The average Bonchev–Trinajstić information content (AvgIpc) is 2.33. The van der Waals surface area contributed by atoms with Gasteiger partial charge in [0.05, 0.1) is 6.42 Å². The lowest BCUT2D eigenvalue weighted by Gasteiger charge is -2.27. The highest BCUT2D eigenvalue weighted by Crippen LogP contribution is 2.25. The molecule has 66 valence electrons. The summed E-state index contributed by atoms with van der Waals surface area (Å²) in [5, 5.41) is 0. The SMILES string of the molecule is O=C1CCC(CC2CC(=O)O2)O1. The van der Waals surface area contributed by atoms with Gasteiger partial charge in [0.15, 0.2) is 0 Å². The Bertz CT molecular complexity index is 215. The van der Waals surface area contributed by atoms with Gasteiger partial charge in [-0.05, 0) is 6.42 Å². The summed E-state index contributed by atoms with van der Waals surface area (Å²) < 4.78 is 9.78. The van der Waals surface area contributed by atoms with Crippen molar-refractivity contribution in [3.8, 4) is 0 Å². The number of hydrogen-bond acceptors (Lipinski definition) is 4. The fourth-order valence-corrected chi connectivity index (χ4v) is 1.54. The number of ether oxygens (including phenoxy) is 2. The van der Waals surface area contributed by atoms with Gasteiger partial charge in [-0.1, -0.05) is 0 Å². The third kappa shape index (κ3) is 1.42. The topological polar surface area (TPSA) is 52.6 Å². The second kappa shape index (κ2) is 2.77. The van der Waals surface area contributed by atoms with Crippen LogP contribution < -0.4 is 0 Å². The first-order chi connectivity index (χ1) is 5.74. The van der Waals surface area contributed by atoms with Crippen LogP contribution in [0.2, 0.25) is 0 Å². The molecular weight excluding hydrogens is 160 g/mol.